The Bertz CT molecular complexity index is 1560. The van der Waals surface area contributed by atoms with Crippen LogP contribution in [0, 0.1) is 0 Å². The van der Waals surface area contributed by atoms with Gasteiger partial charge in [0.1, 0.15) is 12.1 Å². The fourth-order valence-electron chi connectivity index (χ4n) is 3.75. The SMILES string of the molecule is C.C.Nc1n[nH]c(-c2cccnc2)n1.O=CCc1ccccc1.c1ccc(CCCc2nc(-c3cccnc3)n[nH]2)cc1. The Morgan fingerprint density at radius 3 is 1.86 bits per heavy atom. The van der Waals surface area contributed by atoms with Gasteiger partial charge in [-0.2, -0.15) is 10.1 Å². The highest BCUT2D eigenvalue weighted by Gasteiger charge is 2.05. The third-order valence-electron chi connectivity index (χ3n) is 5.77. The number of nitrogens with two attached hydrogens (primary N) is 1. The van der Waals surface area contributed by atoms with Gasteiger partial charge in [-0.25, -0.2) is 4.98 Å². The van der Waals surface area contributed by atoms with Crippen molar-refractivity contribution in [1.82, 2.24) is 40.3 Å². The number of hydrogen-bond donors (Lipinski definition) is 3. The zero-order valence-corrected chi connectivity index (χ0v) is 22.5. The summed E-state index contributed by atoms with van der Waals surface area (Å²) < 4.78 is 0. The summed E-state index contributed by atoms with van der Waals surface area (Å²) >= 11 is 0. The number of rotatable bonds is 8. The minimum absolute atomic E-state index is 0. The van der Waals surface area contributed by atoms with E-state index in [1.807, 2.05) is 60.7 Å². The number of carbonyl (C=O) groups excluding carboxylic acids is 1. The minimum atomic E-state index is 0. The van der Waals surface area contributed by atoms with Gasteiger partial charge < -0.3 is 10.5 Å². The van der Waals surface area contributed by atoms with E-state index >= 15 is 0 Å². The molecule has 0 atom stereocenters. The molecule has 10 heteroatoms. The lowest BCUT2D eigenvalue weighted by atomic mass is 10.1. The van der Waals surface area contributed by atoms with Crippen molar-refractivity contribution in [3.05, 3.63) is 127 Å². The summed E-state index contributed by atoms with van der Waals surface area (Å²) in [5, 5.41) is 13.6. The first-order valence-electron chi connectivity index (χ1n) is 13.1. The van der Waals surface area contributed by atoms with Gasteiger partial charge in [0, 0.05) is 48.8 Å². The Morgan fingerprint density at radius 2 is 1.30 bits per heavy atom. The Hall–Kier alpha value is -5.51. The zero-order chi connectivity index (χ0) is 28.5. The van der Waals surface area contributed by atoms with Gasteiger partial charge in [0.2, 0.25) is 5.95 Å². The van der Waals surface area contributed by atoms with Crippen LogP contribution in [0.4, 0.5) is 5.95 Å². The molecule has 0 saturated heterocycles. The predicted molar refractivity (Wildman–Crippen MR) is 172 cm³/mol. The molecule has 0 amide bonds. The number of aromatic nitrogens is 8. The second kappa shape index (κ2) is 18.8. The normalized spacial score (nSPS) is 9.58. The summed E-state index contributed by atoms with van der Waals surface area (Å²) in [7, 11) is 0. The van der Waals surface area contributed by atoms with Gasteiger partial charge in [-0.1, -0.05) is 75.5 Å². The standard InChI is InChI=1S/C16H16N4.C8H8O.C7H7N5.2CH4/c1-2-6-13(7-3-1)8-4-10-15-18-16(20-19-15)14-9-5-11-17-12-14;9-7-6-8-4-2-1-3-5-8;8-7-10-6(11-12-7)5-2-1-3-9-4-5;;/h1-3,5-7,9,11-12H,4,8,10H2,(H,18,19,20);1-5,7H,6H2;1-4H,(H3,8,10,11,12);2*1H4. The van der Waals surface area contributed by atoms with Crippen LogP contribution in [0.3, 0.4) is 0 Å². The fraction of sp³-hybridized carbons (Fsp3) is 0.182. The molecule has 0 aliphatic heterocycles. The third-order valence-corrected chi connectivity index (χ3v) is 5.77. The van der Waals surface area contributed by atoms with Gasteiger partial charge in [0.05, 0.1) is 0 Å². The van der Waals surface area contributed by atoms with Crippen LogP contribution in [0.1, 0.15) is 38.2 Å². The quantitative estimate of drug-likeness (QED) is 0.181. The number of aldehydes is 1. The molecule has 0 saturated carbocycles. The number of aromatic amines is 2. The van der Waals surface area contributed by atoms with Gasteiger partial charge in [-0.05, 0) is 48.2 Å². The molecule has 6 rings (SSSR count). The van der Waals surface area contributed by atoms with E-state index in [0.29, 0.717) is 18.1 Å². The van der Waals surface area contributed by atoms with Crippen molar-refractivity contribution in [2.24, 2.45) is 0 Å². The van der Waals surface area contributed by atoms with Gasteiger partial charge in [0.25, 0.3) is 0 Å². The van der Waals surface area contributed by atoms with E-state index in [1.54, 1.807) is 24.8 Å². The van der Waals surface area contributed by atoms with Crippen LogP contribution in [0.15, 0.2) is 110 Å². The third kappa shape index (κ3) is 11.5. The van der Waals surface area contributed by atoms with Crippen molar-refractivity contribution in [1.29, 1.82) is 0 Å². The maximum absolute atomic E-state index is 9.97. The molecule has 4 heterocycles. The number of nitrogens with zero attached hydrogens (tertiary/aromatic N) is 6. The molecule has 0 aliphatic carbocycles. The minimum Gasteiger partial charge on any atom is -0.366 e. The number of nitrogen functional groups attached to an aromatic ring is 1. The van der Waals surface area contributed by atoms with Crippen molar-refractivity contribution in [2.45, 2.75) is 40.5 Å². The maximum atomic E-state index is 9.97. The fourth-order valence-corrected chi connectivity index (χ4v) is 3.75. The summed E-state index contributed by atoms with van der Waals surface area (Å²) in [5.41, 5.74) is 9.60. The van der Waals surface area contributed by atoms with Gasteiger partial charge in [-0.15, -0.1) is 5.10 Å². The monoisotopic (exact) mass is 577 g/mol. The highest BCUT2D eigenvalue weighted by Crippen LogP contribution is 2.14. The summed E-state index contributed by atoms with van der Waals surface area (Å²) in [4.78, 5) is 26.5. The Morgan fingerprint density at radius 1 is 0.674 bits per heavy atom. The molecule has 0 unspecified atom stereocenters. The second-order valence-corrected chi connectivity index (χ2v) is 8.83. The highest BCUT2D eigenvalue weighted by molar-refractivity contribution is 5.55. The number of benzene rings is 2. The number of carbonyl (C=O) groups is 1. The van der Waals surface area contributed by atoms with Crippen LogP contribution in [0.25, 0.3) is 22.8 Å². The van der Waals surface area contributed by atoms with Crippen LogP contribution < -0.4 is 5.73 Å². The zero-order valence-electron chi connectivity index (χ0n) is 22.5. The first-order valence-corrected chi connectivity index (χ1v) is 13.1. The number of anilines is 1. The smallest absolute Gasteiger partial charge is 0.239 e. The Balaban J connectivity index is 0.000000241. The number of hydrogen-bond acceptors (Lipinski definition) is 8. The van der Waals surface area contributed by atoms with Crippen LogP contribution in [-0.2, 0) is 24.1 Å². The molecule has 222 valence electrons. The second-order valence-electron chi connectivity index (χ2n) is 8.83. The molecule has 0 radical (unpaired) electrons. The summed E-state index contributed by atoms with van der Waals surface area (Å²) in [5.74, 6) is 2.53. The molecule has 4 aromatic heterocycles. The van der Waals surface area contributed by atoms with Crippen molar-refractivity contribution < 1.29 is 4.79 Å². The van der Waals surface area contributed by atoms with E-state index < -0.39 is 0 Å². The van der Waals surface area contributed by atoms with Crippen LogP contribution in [0.5, 0.6) is 0 Å². The number of aryl methyl sites for hydroxylation is 2. The molecule has 2 aromatic carbocycles. The van der Waals surface area contributed by atoms with Gasteiger partial charge in [0.15, 0.2) is 11.6 Å². The average molecular weight is 578 g/mol. The van der Waals surface area contributed by atoms with Crippen LogP contribution >= 0.6 is 0 Å². The molecule has 0 aliphatic rings. The summed E-state index contributed by atoms with van der Waals surface area (Å²) in [6.45, 7) is 0. The van der Waals surface area contributed by atoms with Crippen molar-refractivity contribution in [2.75, 3.05) is 5.73 Å². The average Bonchev–Trinajstić information content (AvgIpc) is 3.69. The first-order chi connectivity index (χ1) is 20.2. The molecule has 4 N–H and O–H groups in total. The van der Waals surface area contributed by atoms with E-state index in [9.17, 15) is 4.79 Å². The largest absolute Gasteiger partial charge is 0.366 e. The molecular formula is C33H39N9O. The lowest BCUT2D eigenvalue weighted by molar-refractivity contribution is -0.107. The Kier molecular flexibility index (Phi) is 14.7. The van der Waals surface area contributed by atoms with Crippen molar-refractivity contribution in [3.8, 4) is 22.8 Å². The van der Waals surface area contributed by atoms with E-state index in [2.05, 4.69) is 64.6 Å². The molecule has 43 heavy (non-hydrogen) atoms. The maximum Gasteiger partial charge on any atom is 0.239 e. The number of pyridine rings is 2. The predicted octanol–water partition coefficient (Wildman–Crippen LogP) is 6.19. The topological polar surface area (TPSA) is 152 Å². The molecular weight excluding hydrogens is 538 g/mol. The molecule has 10 nitrogen and oxygen atoms in total. The summed E-state index contributed by atoms with van der Waals surface area (Å²) in [6, 6.07) is 27.7. The summed E-state index contributed by atoms with van der Waals surface area (Å²) in [6.07, 6.45) is 11.4. The molecule has 0 spiro atoms. The molecule has 6 aromatic rings. The van der Waals surface area contributed by atoms with Gasteiger partial charge in [-0.3, -0.25) is 20.2 Å². The lowest BCUT2D eigenvalue weighted by Crippen LogP contribution is -1.92. The molecule has 0 bridgehead atoms. The lowest BCUT2D eigenvalue weighted by Gasteiger charge is -1.98. The van der Waals surface area contributed by atoms with Crippen LogP contribution in [0.2, 0.25) is 0 Å². The van der Waals surface area contributed by atoms with E-state index in [-0.39, 0.29) is 20.8 Å². The van der Waals surface area contributed by atoms with E-state index in [4.69, 9.17) is 5.73 Å². The Labute approximate surface area is 252 Å². The van der Waals surface area contributed by atoms with E-state index in [0.717, 1.165) is 48.1 Å². The van der Waals surface area contributed by atoms with Crippen molar-refractivity contribution >= 4 is 12.2 Å². The van der Waals surface area contributed by atoms with Crippen molar-refractivity contribution in [3.63, 3.8) is 0 Å². The van der Waals surface area contributed by atoms with Gasteiger partial charge >= 0.3 is 0 Å². The number of nitrogens with one attached hydrogen (secondary N) is 2. The van der Waals surface area contributed by atoms with E-state index in [1.165, 1.54) is 5.56 Å². The molecule has 0 fully saturated rings. The first kappa shape index (κ1) is 33.7. The number of H-pyrrole nitrogens is 2. The van der Waals surface area contributed by atoms with Crippen LogP contribution in [-0.4, -0.2) is 46.6 Å². The highest BCUT2D eigenvalue weighted by atomic mass is 16.1.